The van der Waals surface area contributed by atoms with E-state index in [-0.39, 0.29) is 5.82 Å². The standard InChI is InChI=1S/C8H11N3O2/c1-11-7(8(12)13)9-6(10-11)5-3-2-4-5/h5H,2-4H2,1H3,(H,12,13). The summed E-state index contributed by atoms with van der Waals surface area (Å²) in [6.45, 7) is 0. The lowest BCUT2D eigenvalue weighted by atomic mass is 9.85. The van der Waals surface area contributed by atoms with Crippen LogP contribution in [0, 0.1) is 0 Å². The molecule has 1 fully saturated rings. The minimum absolute atomic E-state index is 0.0295. The first-order chi connectivity index (χ1) is 6.18. The van der Waals surface area contributed by atoms with Gasteiger partial charge in [0.05, 0.1) is 0 Å². The minimum atomic E-state index is -1.01. The molecular weight excluding hydrogens is 170 g/mol. The Morgan fingerprint density at radius 1 is 1.62 bits per heavy atom. The molecule has 0 aliphatic heterocycles. The Labute approximate surface area is 75.4 Å². The van der Waals surface area contributed by atoms with E-state index in [2.05, 4.69) is 10.1 Å². The fourth-order valence-corrected chi connectivity index (χ4v) is 1.43. The van der Waals surface area contributed by atoms with Crippen LogP contribution in [-0.4, -0.2) is 25.8 Å². The Hall–Kier alpha value is -1.39. The highest BCUT2D eigenvalue weighted by molar-refractivity contribution is 5.83. The molecule has 1 N–H and O–H groups in total. The van der Waals surface area contributed by atoms with Crippen molar-refractivity contribution in [3.63, 3.8) is 0 Å². The zero-order valence-corrected chi connectivity index (χ0v) is 7.40. The van der Waals surface area contributed by atoms with Crippen molar-refractivity contribution >= 4 is 5.97 Å². The molecule has 0 saturated heterocycles. The molecule has 1 saturated carbocycles. The summed E-state index contributed by atoms with van der Waals surface area (Å²) in [4.78, 5) is 14.6. The summed E-state index contributed by atoms with van der Waals surface area (Å²) in [6.07, 6.45) is 3.37. The van der Waals surface area contributed by atoms with Crippen molar-refractivity contribution < 1.29 is 9.90 Å². The maximum atomic E-state index is 10.6. The van der Waals surface area contributed by atoms with Crippen LogP contribution < -0.4 is 0 Å². The number of aromatic carboxylic acids is 1. The lowest BCUT2D eigenvalue weighted by molar-refractivity contribution is 0.0678. The molecule has 5 nitrogen and oxygen atoms in total. The first-order valence-electron chi connectivity index (χ1n) is 4.32. The van der Waals surface area contributed by atoms with E-state index in [1.165, 1.54) is 11.1 Å². The van der Waals surface area contributed by atoms with E-state index in [1.54, 1.807) is 7.05 Å². The van der Waals surface area contributed by atoms with Crippen molar-refractivity contribution in [3.8, 4) is 0 Å². The highest BCUT2D eigenvalue weighted by atomic mass is 16.4. The molecule has 0 bridgehead atoms. The summed E-state index contributed by atoms with van der Waals surface area (Å²) in [6, 6.07) is 0. The highest BCUT2D eigenvalue weighted by Crippen LogP contribution is 2.34. The van der Waals surface area contributed by atoms with E-state index in [0.717, 1.165) is 12.8 Å². The molecule has 0 atom stereocenters. The number of carboxylic acids is 1. The van der Waals surface area contributed by atoms with Crippen molar-refractivity contribution in [2.45, 2.75) is 25.2 Å². The molecule has 5 heteroatoms. The fraction of sp³-hybridized carbons (Fsp3) is 0.625. The van der Waals surface area contributed by atoms with Crippen molar-refractivity contribution in [2.24, 2.45) is 7.05 Å². The topological polar surface area (TPSA) is 68.0 Å². The molecule has 1 aromatic rings. The third-order valence-corrected chi connectivity index (χ3v) is 2.44. The predicted octanol–water partition coefficient (Wildman–Crippen LogP) is 0.781. The molecule has 0 radical (unpaired) electrons. The molecule has 1 aliphatic carbocycles. The third kappa shape index (κ3) is 1.30. The van der Waals surface area contributed by atoms with Gasteiger partial charge in [0.25, 0.3) is 0 Å². The van der Waals surface area contributed by atoms with Gasteiger partial charge in [-0.1, -0.05) is 6.42 Å². The average Bonchev–Trinajstić information content (AvgIpc) is 2.27. The highest BCUT2D eigenvalue weighted by Gasteiger charge is 2.25. The number of hydrogen-bond acceptors (Lipinski definition) is 3. The second-order valence-corrected chi connectivity index (χ2v) is 3.35. The van der Waals surface area contributed by atoms with Gasteiger partial charge in [0.1, 0.15) is 0 Å². The van der Waals surface area contributed by atoms with Crippen LogP contribution in [0.25, 0.3) is 0 Å². The number of aromatic nitrogens is 3. The van der Waals surface area contributed by atoms with Gasteiger partial charge in [0.15, 0.2) is 5.82 Å². The summed E-state index contributed by atoms with van der Waals surface area (Å²) in [5, 5.41) is 12.8. The van der Waals surface area contributed by atoms with Gasteiger partial charge in [-0.15, -0.1) is 0 Å². The molecular formula is C8H11N3O2. The van der Waals surface area contributed by atoms with E-state index in [4.69, 9.17) is 5.11 Å². The first-order valence-corrected chi connectivity index (χ1v) is 4.32. The van der Waals surface area contributed by atoms with Gasteiger partial charge in [-0.2, -0.15) is 5.10 Å². The SMILES string of the molecule is Cn1nc(C2CCC2)nc1C(=O)O. The van der Waals surface area contributed by atoms with E-state index < -0.39 is 5.97 Å². The monoisotopic (exact) mass is 181 g/mol. The van der Waals surface area contributed by atoms with Crippen LogP contribution >= 0.6 is 0 Å². The molecule has 1 heterocycles. The van der Waals surface area contributed by atoms with E-state index in [1.807, 2.05) is 0 Å². The van der Waals surface area contributed by atoms with Gasteiger partial charge in [-0.25, -0.2) is 14.5 Å². The maximum Gasteiger partial charge on any atom is 0.373 e. The van der Waals surface area contributed by atoms with Crippen LogP contribution in [0.3, 0.4) is 0 Å². The van der Waals surface area contributed by atoms with Crippen LogP contribution in [0.1, 0.15) is 41.6 Å². The molecule has 2 rings (SSSR count). The fourth-order valence-electron chi connectivity index (χ4n) is 1.43. The largest absolute Gasteiger partial charge is 0.475 e. The molecule has 70 valence electrons. The summed E-state index contributed by atoms with van der Waals surface area (Å²) in [7, 11) is 1.61. The van der Waals surface area contributed by atoms with Crippen LogP contribution in [0.4, 0.5) is 0 Å². The molecule has 0 unspecified atom stereocenters. The molecule has 1 aromatic heterocycles. The first kappa shape index (κ1) is 8.22. The predicted molar refractivity (Wildman–Crippen MR) is 44.6 cm³/mol. The van der Waals surface area contributed by atoms with E-state index >= 15 is 0 Å². The Morgan fingerprint density at radius 2 is 2.31 bits per heavy atom. The molecule has 0 aromatic carbocycles. The summed E-state index contributed by atoms with van der Waals surface area (Å²) < 4.78 is 1.33. The van der Waals surface area contributed by atoms with Crippen LogP contribution in [-0.2, 0) is 7.05 Å². The van der Waals surface area contributed by atoms with Crippen LogP contribution in [0.15, 0.2) is 0 Å². The summed E-state index contributed by atoms with van der Waals surface area (Å²) in [5.41, 5.74) is 0. The third-order valence-electron chi connectivity index (χ3n) is 2.44. The Kier molecular flexibility index (Phi) is 1.79. The lowest BCUT2D eigenvalue weighted by Crippen LogP contribution is -2.10. The number of carboxylic acid groups (broad SMARTS) is 1. The second-order valence-electron chi connectivity index (χ2n) is 3.35. The van der Waals surface area contributed by atoms with Gasteiger partial charge < -0.3 is 5.11 Å². The Morgan fingerprint density at radius 3 is 2.69 bits per heavy atom. The van der Waals surface area contributed by atoms with Gasteiger partial charge in [0.2, 0.25) is 5.82 Å². The van der Waals surface area contributed by atoms with E-state index in [9.17, 15) is 4.79 Å². The van der Waals surface area contributed by atoms with Crippen LogP contribution in [0.2, 0.25) is 0 Å². The van der Waals surface area contributed by atoms with Crippen molar-refractivity contribution in [3.05, 3.63) is 11.6 Å². The molecule has 0 spiro atoms. The average molecular weight is 181 g/mol. The summed E-state index contributed by atoms with van der Waals surface area (Å²) in [5.74, 6) is 0.0907. The number of carbonyl (C=O) groups is 1. The van der Waals surface area contributed by atoms with Gasteiger partial charge >= 0.3 is 5.97 Å². The Bertz CT molecular complexity index is 341. The molecule has 1 aliphatic rings. The van der Waals surface area contributed by atoms with Crippen LogP contribution in [0.5, 0.6) is 0 Å². The number of hydrogen-bond donors (Lipinski definition) is 1. The lowest BCUT2D eigenvalue weighted by Gasteiger charge is -2.21. The normalized spacial score (nSPS) is 17.0. The number of nitrogens with zero attached hydrogens (tertiary/aromatic N) is 3. The second kappa shape index (κ2) is 2.83. The quantitative estimate of drug-likeness (QED) is 0.732. The van der Waals surface area contributed by atoms with Crippen molar-refractivity contribution in [1.82, 2.24) is 14.8 Å². The maximum absolute atomic E-state index is 10.6. The smallest absolute Gasteiger partial charge is 0.373 e. The van der Waals surface area contributed by atoms with Crippen molar-refractivity contribution in [1.29, 1.82) is 0 Å². The number of rotatable bonds is 2. The van der Waals surface area contributed by atoms with E-state index in [0.29, 0.717) is 11.7 Å². The minimum Gasteiger partial charge on any atom is -0.475 e. The molecule has 0 amide bonds. The van der Waals surface area contributed by atoms with Gasteiger partial charge in [-0.05, 0) is 12.8 Å². The van der Waals surface area contributed by atoms with Crippen molar-refractivity contribution in [2.75, 3.05) is 0 Å². The van der Waals surface area contributed by atoms with Gasteiger partial charge in [0, 0.05) is 13.0 Å². The summed E-state index contributed by atoms with van der Waals surface area (Å²) >= 11 is 0. The zero-order chi connectivity index (χ0) is 9.42. The number of aryl methyl sites for hydroxylation is 1. The zero-order valence-electron chi connectivity index (χ0n) is 7.40. The molecule has 13 heavy (non-hydrogen) atoms. The Balaban J connectivity index is 2.28. The van der Waals surface area contributed by atoms with Gasteiger partial charge in [-0.3, -0.25) is 0 Å².